The predicted molar refractivity (Wildman–Crippen MR) is 103 cm³/mol. The molecule has 0 spiro atoms. The van der Waals surface area contributed by atoms with Crippen LogP contribution < -0.4 is 0 Å². The maximum absolute atomic E-state index is 14.2. The largest absolute Gasteiger partial charge is 0.337 e. The molecule has 5 nitrogen and oxygen atoms in total. The first-order chi connectivity index (χ1) is 13.4. The van der Waals surface area contributed by atoms with Crippen molar-refractivity contribution in [1.82, 2.24) is 15.0 Å². The molecule has 0 bridgehead atoms. The number of carbonyl (C=O) groups is 1. The lowest BCUT2D eigenvalue weighted by Gasteiger charge is -2.22. The van der Waals surface area contributed by atoms with E-state index in [1.807, 2.05) is 26.0 Å². The Labute approximate surface area is 167 Å². The lowest BCUT2D eigenvalue weighted by Crippen LogP contribution is -2.28. The van der Waals surface area contributed by atoms with E-state index in [4.69, 9.17) is 16.1 Å². The van der Waals surface area contributed by atoms with E-state index in [2.05, 4.69) is 16.2 Å². The third kappa shape index (κ3) is 3.40. The van der Waals surface area contributed by atoms with Gasteiger partial charge in [0.2, 0.25) is 17.6 Å². The third-order valence-corrected chi connectivity index (χ3v) is 5.42. The average molecular weight is 400 g/mol. The molecular weight excluding hydrogens is 381 g/mol. The minimum Gasteiger partial charge on any atom is -0.337 e. The normalized spacial score (nSPS) is 16.8. The van der Waals surface area contributed by atoms with E-state index >= 15 is 0 Å². The van der Waals surface area contributed by atoms with Gasteiger partial charge in [0.15, 0.2) is 0 Å². The molecule has 1 aliphatic heterocycles. The first-order valence-electron chi connectivity index (χ1n) is 9.07. The molecule has 4 rings (SSSR count). The van der Waals surface area contributed by atoms with E-state index in [1.54, 1.807) is 17.0 Å². The van der Waals surface area contributed by atoms with Crippen LogP contribution in [0.3, 0.4) is 0 Å². The van der Waals surface area contributed by atoms with Crippen molar-refractivity contribution >= 4 is 17.5 Å². The Morgan fingerprint density at radius 3 is 2.86 bits per heavy atom. The molecule has 1 fully saturated rings. The molecule has 28 heavy (non-hydrogen) atoms. The van der Waals surface area contributed by atoms with Crippen molar-refractivity contribution in [1.29, 1.82) is 0 Å². The molecule has 2 aromatic carbocycles. The van der Waals surface area contributed by atoms with Crippen LogP contribution in [0.2, 0.25) is 5.02 Å². The summed E-state index contributed by atoms with van der Waals surface area (Å²) in [4.78, 5) is 18.5. The fourth-order valence-corrected chi connectivity index (χ4v) is 3.81. The Balaban J connectivity index is 1.63. The summed E-state index contributed by atoms with van der Waals surface area (Å²) in [5.74, 6) is 0.312. The average Bonchev–Trinajstić information content (AvgIpc) is 3.25. The van der Waals surface area contributed by atoms with Crippen LogP contribution in [0.15, 0.2) is 40.9 Å². The summed E-state index contributed by atoms with van der Waals surface area (Å²) in [5, 5.41) is 4.39. The van der Waals surface area contributed by atoms with Gasteiger partial charge in [-0.25, -0.2) is 4.39 Å². The van der Waals surface area contributed by atoms with Crippen LogP contribution in [0.1, 0.15) is 41.5 Å². The van der Waals surface area contributed by atoms with Gasteiger partial charge in [0.1, 0.15) is 11.9 Å². The molecule has 1 amide bonds. The van der Waals surface area contributed by atoms with Gasteiger partial charge in [-0.2, -0.15) is 4.98 Å². The highest BCUT2D eigenvalue weighted by molar-refractivity contribution is 6.31. The predicted octanol–water partition coefficient (Wildman–Crippen LogP) is 5.01. The molecule has 1 unspecified atom stereocenters. The summed E-state index contributed by atoms with van der Waals surface area (Å²) < 4.78 is 19.7. The maximum atomic E-state index is 14.2. The number of hydrogen-bond donors (Lipinski definition) is 0. The van der Waals surface area contributed by atoms with E-state index in [-0.39, 0.29) is 12.5 Å². The van der Waals surface area contributed by atoms with Gasteiger partial charge in [-0.05, 0) is 38.0 Å². The van der Waals surface area contributed by atoms with Crippen LogP contribution >= 0.6 is 11.6 Å². The second-order valence-corrected chi connectivity index (χ2v) is 7.46. The highest BCUT2D eigenvalue weighted by atomic mass is 35.5. The van der Waals surface area contributed by atoms with Gasteiger partial charge in [-0.1, -0.05) is 46.6 Å². The van der Waals surface area contributed by atoms with Gasteiger partial charge in [0.05, 0.1) is 6.54 Å². The summed E-state index contributed by atoms with van der Waals surface area (Å²) in [6.07, 6.45) is 0.886. The highest BCUT2D eigenvalue weighted by Gasteiger charge is 2.36. The molecular formula is C21H19ClFN3O2. The number of halogens is 2. The number of carbonyl (C=O) groups excluding carboxylic acids is 1. The molecule has 7 heteroatoms. The molecule has 3 aromatic rings. The Bertz CT molecular complexity index is 1030. The summed E-state index contributed by atoms with van der Waals surface area (Å²) in [6, 6.07) is 10.1. The number of likely N-dealkylation sites (tertiary alicyclic amines) is 1. The monoisotopic (exact) mass is 399 g/mol. The number of amides is 1. The standard InChI is InChI=1S/C21H19ClFN3O2/c1-12-6-7-14(13(2)10-12)20-24-21(28-25-20)18-8-9-19(27)26(18)11-15-16(22)4-3-5-17(15)23/h3-7,10,18H,8-9,11H2,1-2H3. The van der Waals surface area contributed by atoms with Crippen molar-refractivity contribution in [2.45, 2.75) is 39.3 Å². The first kappa shape index (κ1) is 18.6. The Morgan fingerprint density at radius 2 is 2.11 bits per heavy atom. The van der Waals surface area contributed by atoms with Gasteiger partial charge in [-0.3, -0.25) is 4.79 Å². The lowest BCUT2D eigenvalue weighted by molar-refractivity contribution is -0.130. The van der Waals surface area contributed by atoms with Crippen molar-refractivity contribution in [3.8, 4) is 11.4 Å². The minimum atomic E-state index is -0.438. The molecule has 1 atom stereocenters. The van der Waals surface area contributed by atoms with E-state index in [0.29, 0.717) is 35.1 Å². The van der Waals surface area contributed by atoms with Gasteiger partial charge in [-0.15, -0.1) is 0 Å². The van der Waals surface area contributed by atoms with Gasteiger partial charge < -0.3 is 9.42 Å². The fraction of sp³-hybridized carbons (Fsp3) is 0.286. The summed E-state index contributed by atoms with van der Waals surface area (Å²) in [7, 11) is 0. The van der Waals surface area contributed by atoms with E-state index < -0.39 is 11.9 Å². The van der Waals surface area contributed by atoms with Crippen molar-refractivity contribution in [2.75, 3.05) is 0 Å². The van der Waals surface area contributed by atoms with Crippen LogP contribution in [-0.4, -0.2) is 20.9 Å². The zero-order chi connectivity index (χ0) is 19.8. The zero-order valence-electron chi connectivity index (χ0n) is 15.6. The number of benzene rings is 2. The molecule has 0 saturated carbocycles. The van der Waals surface area contributed by atoms with Crippen molar-refractivity contribution in [3.05, 3.63) is 69.8 Å². The molecule has 2 heterocycles. The first-order valence-corrected chi connectivity index (χ1v) is 9.45. The number of nitrogens with zero attached hydrogens (tertiary/aromatic N) is 3. The van der Waals surface area contributed by atoms with E-state index in [1.165, 1.54) is 6.07 Å². The minimum absolute atomic E-state index is 0.0658. The number of hydrogen-bond acceptors (Lipinski definition) is 4. The summed E-state index contributed by atoms with van der Waals surface area (Å²) >= 11 is 6.13. The smallest absolute Gasteiger partial charge is 0.249 e. The van der Waals surface area contributed by atoms with Crippen LogP contribution in [0.25, 0.3) is 11.4 Å². The maximum Gasteiger partial charge on any atom is 0.249 e. The fourth-order valence-electron chi connectivity index (χ4n) is 3.59. The van der Waals surface area contributed by atoms with Gasteiger partial charge in [0.25, 0.3) is 0 Å². The Kier molecular flexibility index (Phi) is 4.89. The SMILES string of the molecule is Cc1ccc(-c2noc(C3CCC(=O)N3Cc3c(F)cccc3Cl)n2)c(C)c1. The number of rotatable bonds is 4. The van der Waals surface area contributed by atoms with Crippen LogP contribution in [0, 0.1) is 19.7 Å². The van der Waals surface area contributed by atoms with Crippen molar-refractivity contribution in [2.24, 2.45) is 0 Å². The Morgan fingerprint density at radius 1 is 1.29 bits per heavy atom. The van der Waals surface area contributed by atoms with Crippen molar-refractivity contribution < 1.29 is 13.7 Å². The second-order valence-electron chi connectivity index (χ2n) is 7.05. The molecule has 0 aliphatic carbocycles. The number of aryl methyl sites for hydroxylation is 2. The molecule has 1 aliphatic rings. The lowest BCUT2D eigenvalue weighted by atomic mass is 10.1. The van der Waals surface area contributed by atoms with Crippen LogP contribution in [0.4, 0.5) is 4.39 Å². The summed E-state index contributed by atoms with van der Waals surface area (Å²) in [6.45, 7) is 4.08. The topological polar surface area (TPSA) is 59.2 Å². The molecule has 0 radical (unpaired) electrons. The van der Waals surface area contributed by atoms with Crippen molar-refractivity contribution in [3.63, 3.8) is 0 Å². The molecule has 0 N–H and O–H groups in total. The van der Waals surface area contributed by atoms with Crippen LogP contribution in [0.5, 0.6) is 0 Å². The number of aromatic nitrogens is 2. The Hall–Kier alpha value is -2.73. The molecule has 1 saturated heterocycles. The van der Waals surface area contributed by atoms with E-state index in [0.717, 1.165) is 16.7 Å². The highest BCUT2D eigenvalue weighted by Crippen LogP contribution is 2.36. The van der Waals surface area contributed by atoms with Gasteiger partial charge >= 0.3 is 0 Å². The third-order valence-electron chi connectivity index (χ3n) is 5.07. The van der Waals surface area contributed by atoms with E-state index in [9.17, 15) is 9.18 Å². The van der Waals surface area contributed by atoms with Gasteiger partial charge in [0, 0.05) is 22.6 Å². The molecule has 1 aromatic heterocycles. The quantitative estimate of drug-likeness (QED) is 0.618. The second kappa shape index (κ2) is 7.36. The molecule has 144 valence electrons. The van der Waals surface area contributed by atoms with Crippen LogP contribution in [-0.2, 0) is 11.3 Å². The zero-order valence-corrected chi connectivity index (χ0v) is 16.3. The summed E-state index contributed by atoms with van der Waals surface area (Å²) in [5.41, 5.74) is 3.37.